The van der Waals surface area contributed by atoms with Crippen LogP contribution in [0.25, 0.3) is 10.9 Å². The molecule has 1 heterocycles. The maximum atomic E-state index is 10.5. The molecule has 2 aromatic rings. The maximum Gasteiger partial charge on any atom is 0.303 e. The Balaban J connectivity index is 2.28. The number of halogens is 1. The number of aryl methyl sites for hydroxylation is 2. The highest BCUT2D eigenvalue weighted by Gasteiger charge is 2.09. The quantitative estimate of drug-likeness (QED) is 0.873. The molecular formula is C13H14ClNO2. The van der Waals surface area contributed by atoms with E-state index >= 15 is 0 Å². The van der Waals surface area contributed by atoms with Crippen LogP contribution in [0.5, 0.6) is 0 Å². The Labute approximate surface area is 104 Å². The van der Waals surface area contributed by atoms with Crippen molar-refractivity contribution >= 4 is 28.5 Å². The maximum absolute atomic E-state index is 10.5. The van der Waals surface area contributed by atoms with Crippen LogP contribution >= 0.6 is 11.6 Å². The minimum absolute atomic E-state index is 0.201. The molecule has 1 aromatic heterocycles. The van der Waals surface area contributed by atoms with E-state index in [-0.39, 0.29) is 6.42 Å². The van der Waals surface area contributed by atoms with Crippen molar-refractivity contribution in [2.24, 2.45) is 0 Å². The number of carboxylic acid groups (broad SMARTS) is 1. The van der Waals surface area contributed by atoms with Crippen molar-refractivity contribution in [1.82, 2.24) is 4.98 Å². The van der Waals surface area contributed by atoms with E-state index in [4.69, 9.17) is 16.7 Å². The molecule has 0 aliphatic heterocycles. The molecule has 4 heteroatoms. The van der Waals surface area contributed by atoms with Gasteiger partial charge in [0.05, 0.1) is 0 Å². The minimum Gasteiger partial charge on any atom is -0.481 e. The predicted molar refractivity (Wildman–Crippen MR) is 68.6 cm³/mol. The summed E-state index contributed by atoms with van der Waals surface area (Å²) in [6.45, 7) is 2.00. The van der Waals surface area contributed by atoms with E-state index in [1.165, 1.54) is 5.56 Å². The number of H-pyrrole nitrogens is 1. The molecule has 3 nitrogen and oxygen atoms in total. The second-order valence-electron chi connectivity index (χ2n) is 4.17. The van der Waals surface area contributed by atoms with Crippen LogP contribution in [0.2, 0.25) is 5.02 Å². The van der Waals surface area contributed by atoms with Gasteiger partial charge in [-0.25, -0.2) is 0 Å². The number of aromatic amines is 1. The number of aromatic nitrogens is 1. The summed E-state index contributed by atoms with van der Waals surface area (Å²) in [6.07, 6.45) is 1.61. The molecule has 0 atom stereocenters. The van der Waals surface area contributed by atoms with Gasteiger partial charge in [-0.05, 0) is 43.5 Å². The van der Waals surface area contributed by atoms with Crippen LogP contribution in [-0.2, 0) is 11.2 Å². The van der Waals surface area contributed by atoms with Crippen LogP contribution in [0.3, 0.4) is 0 Å². The van der Waals surface area contributed by atoms with Crippen LogP contribution in [0.1, 0.15) is 24.1 Å². The molecule has 0 aliphatic rings. The highest BCUT2D eigenvalue weighted by molar-refractivity contribution is 6.31. The third-order valence-corrected chi connectivity index (χ3v) is 3.13. The van der Waals surface area contributed by atoms with E-state index in [2.05, 4.69) is 4.98 Å². The smallest absolute Gasteiger partial charge is 0.303 e. The first-order valence-electron chi connectivity index (χ1n) is 5.56. The van der Waals surface area contributed by atoms with E-state index in [0.29, 0.717) is 11.4 Å². The molecule has 90 valence electrons. The van der Waals surface area contributed by atoms with Crippen LogP contribution in [0.4, 0.5) is 0 Å². The molecule has 0 radical (unpaired) electrons. The zero-order valence-electron chi connectivity index (χ0n) is 9.59. The normalized spacial score (nSPS) is 10.9. The first-order valence-corrected chi connectivity index (χ1v) is 5.94. The number of aliphatic carboxylic acids is 1. The van der Waals surface area contributed by atoms with Gasteiger partial charge in [0.25, 0.3) is 0 Å². The summed E-state index contributed by atoms with van der Waals surface area (Å²) in [5.41, 5.74) is 3.31. The molecule has 0 fully saturated rings. The first-order chi connectivity index (χ1) is 8.08. The van der Waals surface area contributed by atoms with Crippen molar-refractivity contribution in [2.75, 3.05) is 0 Å². The number of benzene rings is 1. The van der Waals surface area contributed by atoms with Crippen LogP contribution in [0.15, 0.2) is 18.2 Å². The second-order valence-corrected chi connectivity index (χ2v) is 4.60. The molecule has 0 bridgehead atoms. The third-order valence-electron chi connectivity index (χ3n) is 2.90. The fourth-order valence-electron chi connectivity index (χ4n) is 2.09. The van der Waals surface area contributed by atoms with E-state index in [1.807, 2.05) is 25.1 Å². The summed E-state index contributed by atoms with van der Waals surface area (Å²) in [5.74, 6) is -0.750. The highest BCUT2D eigenvalue weighted by Crippen LogP contribution is 2.26. The standard InChI is InChI=1S/C13H14ClNO2/c1-8-10(3-2-4-13(16)17)11-7-9(14)5-6-12(11)15-8/h5-7,15H,2-4H2,1H3,(H,16,17). The number of carbonyl (C=O) groups is 1. The molecule has 1 aromatic carbocycles. The van der Waals surface area contributed by atoms with Gasteiger partial charge in [-0.2, -0.15) is 0 Å². The van der Waals surface area contributed by atoms with Gasteiger partial charge < -0.3 is 10.1 Å². The Morgan fingerprint density at radius 1 is 1.47 bits per heavy atom. The van der Waals surface area contributed by atoms with Gasteiger partial charge in [0.2, 0.25) is 0 Å². The zero-order chi connectivity index (χ0) is 12.4. The lowest BCUT2D eigenvalue weighted by Crippen LogP contribution is -1.96. The molecule has 0 aliphatic carbocycles. The molecule has 0 amide bonds. The zero-order valence-corrected chi connectivity index (χ0v) is 10.3. The van der Waals surface area contributed by atoms with Gasteiger partial charge in [0.15, 0.2) is 0 Å². The molecule has 2 rings (SSSR count). The van der Waals surface area contributed by atoms with Crippen molar-refractivity contribution in [3.8, 4) is 0 Å². The Hall–Kier alpha value is -1.48. The first kappa shape index (κ1) is 12.0. The molecule has 0 unspecified atom stereocenters. The van der Waals surface area contributed by atoms with Gasteiger partial charge in [-0.3, -0.25) is 4.79 Å². The van der Waals surface area contributed by atoms with Gasteiger partial charge in [0, 0.05) is 28.0 Å². The van der Waals surface area contributed by atoms with Gasteiger partial charge in [-0.15, -0.1) is 0 Å². The molecular weight excluding hydrogens is 238 g/mol. The minimum atomic E-state index is -0.750. The summed E-state index contributed by atoms with van der Waals surface area (Å²) < 4.78 is 0. The van der Waals surface area contributed by atoms with Gasteiger partial charge in [0.1, 0.15) is 0 Å². The number of nitrogens with one attached hydrogen (secondary N) is 1. The predicted octanol–water partition coefficient (Wildman–Crippen LogP) is 3.54. The average Bonchev–Trinajstić information content (AvgIpc) is 2.55. The lowest BCUT2D eigenvalue weighted by Gasteiger charge is -2.00. The van der Waals surface area contributed by atoms with Crippen molar-refractivity contribution in [2.45, 2.75) is 26.2 Å². The average molecular weight is 252 g/mol. The van der Waals surface area contributed by atoms with Crippen LogP contribution in [0, 0.1) is 6.92 Å². The summed E-state index contributed by atoms with van der Waals surface area (Å²) in [7, 11) is 0. The number of hydrogen-bond acceptors (Lipinski definition) is 1. The molecule has 2 N–H and O–H groups in total. The van der Waals surface area contributed by atoms with Gasteiger partial charge >= 0.3 is 5.97 Å². The van der Waals surface area contributed by atoms with E-state index in [0.717, 1.165) is 23.0 Å². The SMILES string of the molecule is Cc1[nH]c2ccc(Cl)cc2c1CCCC(=O)O. The van der Waals surface area contributed by atoms with E-state index < -0.39 is 5.97 Å². The topological polar surface area (TPSA) is 53.1 Å². The Morgan fingerprint density at radius 3 is 2.94 bits per heavy atom. The Kier molecular flexibility index (Phi) is 3.38. The summed E-state index contributed by atoms with van der Waals surface area (Å²) >= 11 is 5.98. The molecule has 0 spiro atoms. The van der Waals surface area contributed by atoms with Crippen molar-refractivity contribution in [1.29, 1.82) is 0 Å². The number of hydrogen-bond donors (Lipinski definition) is 2. The van der Waals surface area contributed by atoms with Crippen molar-refractivity contribution in [3.05, 3.63) is 34.5 Å². The Bertz CT molecular complexity index is 560. The fourth-order valence-corrected chi connectivity index (χ4v) is 2.27. The summed E-state index contributed by atoms with van der Waals surface area (Å²) in [6, 6.07) is 5.72. The molecule has 0 saturated carbocycles. The number of fused-ring (bicyclic) bond motifs is 1. The molecule has 0 saturated heterocycles. The highest BCUT2D eigenvalue weighted by atomic mass is 35.5. The Morgan fingerprint density at radius 2 is 2.24 bits per heavy atom. The summed E-state index contributed by atoms with van der Waals surface area (Å²) in [4.78, 5) is 13.8. The van der Waals surface area contributed by atoms with Crippen molar-refractivity contribution in [3.63, 3.8) is 0 Å². The van der Waals surface area contributed by atoms with Gasteiger partial charge in [-0.1, -0.05) is 11.6 Å². The number of carboxylic acids is 1. The van der Waals surface area contributed by atoms with Crippen LogP contribution < -0.4 is 0 Å². The van der Waals surface area contributed by atoms with E-state index in [1.54, 1.807) is 0 Å². The van der Waals surface area contributed by atoms with Crippen molar-refractivity contribution < 1.29 is 9.90 Å². The van der Waals surface area contributed by atoms with Crippen LogP contribution in [-0.4, -0.2) is 16.1 Å². The monoisotopic (exact) mass is 251 g/mol. The summed E-state index contributed by atoms with van der Waals surface area (Å²) in [5, 5.41) is 10.4. The van der Waals surface area contributed by atoms with E-state index in [9.17, 15) is 4.79 Å². The third kappa shape index (κ3) is 2.61. The fraction of sp³-hybridized carbons (Fsp3) is 0.308. The molecule has 17 heavy (non-hydrogen) atoms. The number of rotatable bonds is 4. The lowest BCUT2D eigenvalue weighted by atomic mass is 10.0. The second kappa shape index (κ2) is 4.80. The lowest BCUT2D eigenvalue weighted by molar-refractivity contribution is -0.137. The largest absolute Gasteiger partial charge is 0.481 e.